The van der Waals surface area contributed by atoms with Crippen LogP contribution >= 0.6 is 0 Å². The molecular formula is C19H23N5O3. The van der Waals surface area contributed by atoms with Gasteiger partial charge in [-0.05, 0) is 32.1 Å². The predicted octanol–water partition coefficient (Wildman–Crippen LogP) is 1.38. The van der Waals surface area contributed by atoms with E-state index in [2.05, 4.69) is 20.0 Å². The summed E-state index contributed by atoms with van der Waals surface area (Å²) in [6, 6.07) is 0. The van der Waals surface area contributed by atoms with Crippen molar-refractivity contribution in [2.75, 3.05) is 37.7 Å². The lowest BCUT2D eigenvalue weighted by Gasteiger charge is -2.33. The van der Waals surface area contributed by atoms with Gasteiger partial charge in [-0.2, -0.15) is 0 Å². The molecule has 0 unspecified atom stereocenters. The molecule has 0 aromatic carbocycles. The molecule has 5 rings (SSSR count). The van der Waals surface area contributed by atoms with Gasteiger partial charge in [0, 0.05) is 30.8 Å². The van der Waals surface area contributed by atoms with Crippen LogP contribution < -0.4 is 4.90 Å². The van der Waals surface area contributed by atoms with Crippen LogP contribution in [0, 0.1) is 0 Å². The molecule has 0 bridgehead atoms. The van der Waals surface area contributed by atoms with E-state index >= 15 is 0 Å². The number of amides is 1. The average Bonchev–Trinajstić information content (AvgIpc) is 3.17. The van der Waals surface area contributed by atoms with Crippen LogP contribution in [-0.2, 0) is 30.5 Å². The Kier molecular flexibility index (Phi) is 4.27. The zero-order valence-corrected chi connectivity index (χ0v) is 15.3. The van der Waals surface area contributed by atoms with Gasteiger partial charge in [-0.1, -0.05) is 5.16 Å². The van der Waals surface area contributed by atoms with E-state index in [1.54, 1.807) is 6.33 Å². The van der Waals surface area contributed by atoms with E-state index < -0.39 is 0 Å². The highest BCUT2D eigenvalue weighted by Crippen LogP contribution is 2.29. The topological polar surface area (TPSA) is 84.6 Å². The Morgan fingerprint density at radius 1 is 0.963 bits per heavy atom. The highest BCUT2D eigenvalue weighted by molar-refractivity contribution is 5.93. The molecule has 4 heterocycles. The lowest BCUT2D eigenvalue weighted by Crippen LogP contribution is -2.40. The van der Waals surface area contributed by atoms with E-state index in [4.69, 9.17) is 9.26 Å². The number of nitrogens with zero attached hydrogens (tertiary/aromatic N) is 5. The second-order valence-electron chi connectivity index (χ2n) is 7.34. The number of rotatable bonds is 2. The smallest absolute Gasteiger partial charge is 0.293 e. The molecule has 3 aliphatic rings. The van der Waals surface area contributed by atoms with Crippen molar-refractivity contribution in [3.05, 3.63) is 34.6 Å². The molecule has 2 aliphatic heterocycles. The van der Waals surface area contributed by atoms with Gasteiger partial charge in [-0.25, -0.2) is 9.97 Å². The normalized spacial score (nSPS) is 19.6. The van der Waals surface area contributed by atoms with Gasteiger partial charge in [0.25, 0.3) is 5.91 Å². The SMILES string of the molecule is O=C(c1onc2c1CCCC2)N1CCc2c(ncnc2N2CCOCC2)C1. The lowest BCUT2D eigenvalue weighted by molar-refractivity contribution is 0.0687. The molecule has 27 heavy (non-hydrogen) atoms. The number of ether oxygens (including phenoxy) is 1. The first-order valence-corrected chi connectivity index (χ1v) is 9.73. The van der Waals surface area contributed by atoms with Gasteiger partial charge in [0.15, 0.2) is 0 Å². The number of hydrogen-bond donors (Lipinski definition) is 0. The standard InChI is InChI=1S/C19H23N5O3/c25-19(17-13-3-1-2-4-15(13)22-27-17)24-6-5-14-16(11-24)20-12-21-18(14)23-7-9-26-10-8-23/h12H,1-11H2. The minimum absolute atomic E-state index is 0.0668. The molecule has 2 aromatic heterocycles. The van der Waals surface area contributed by atoms with Crippen LogP contribution in [0.1, 0.15) is 45.9 Å². The fourth-order valence-corrected chi connectivity index (χ4v) is 4.26. The fraction of sp³-hybridized carbons (Fsp3) is 0.579. The quantitative estimate of drug-likeness (QED) is 0.790. The zero-order valence-electron chi connectivity index (χ0n) is 15.3. The van der Waals surface area contributed by atoms with Crippen LogP contribution in [0.5, 0.6) is 0 Å². The van der Waals surface area contributed by atoms with Gasteiger partial charge in [-0.15, -0.1) is 0 Å². The summed E-state index contributed by atoms with van der Waals surface area (Å²) in [7, 11) is 0. The monoisotopic (exact) mass is 369 g/mol. The van der Waals surface area contributed by atoms with Crippen molar-refractivity contribution < 1.29 is 14.1 Å². The van der Waals surface area contributed by atoms with Crippen molar-refractivity contribution in [3.63, 3.8) is 0 Å². The molecule has 2 aromatic rings. The molecule has 0 saturated carbocycles. The second kappa shape index (κ2) is 6.92. The minimum Gasteiger partial charge on any atom is -0.378 e. The van der Waals surface area contributed by atoms with E-state index in [1.165, 1.54) is 0 Å². The Hall–Kier alpha value is -2.48. The second-order valence-corrected chi connectivity index (χ2v) is 7.34. The number of carbonyl (C=O) groups excluding carboxylic acids is 1. The molecule has 8 nitrogen and oxygen atoms in total. The van der Waals surface area contributed by atoms with E-state index in [0.717, 1.165) is 86.7 Å². The number of aromatic nitrogens is 3. The first-order valence-electron chi connectivity index (χ1n) is 9.73. The number of carbonyl (C=O) groups is 1. The van der Waals surface area contributed by atoms with Crippen LogP contribution in [0.15, 0.2) is 10.9 Å². The first kappa shape index (κ1) is 16.7. The fourth-order valence-electron chi connectivity index (χ4n) is 4.26. The molecule has 1 aliphatic carbocycles. The summed E-state index contributed by atoms with van der Waals surface area (Å²) in [5.41, 5.74) is 4.05. The van der Waals surface area contributed by atoms with Crippen LogP contribution in [0.25, 0.3) is 0 Å². The summed E-state index contributed by atoms with van der Waals surface area (Å²) < 4.78 is 10.9. The zero-order chi connectivity index (χ0) is 18.2. The summed E-state index contributed by atoms with van der Waals surface area (Å²) in [4.78, 5) is 26.1. The maximum Gasteiger partial charge on any atom is 0.293 e. The molecule has 0 N–H and O–H groups in total. The summed E-state index contributed by atoms with van der Waals surface area (Å²) in [6.45, 7) is 4.27. The molecule has 1 amide bonds. The number of morpholine rings is 1. The first-order chi connectivity index (χ1) is 13.3. The van der Waals surface area contributed by atoms with Crippen molar-refractivity contribution in [2.45, 2.75) is 38.6 Å². The van der Waals surface area contributed by atoms with Crippen molar-refractivity contribution >= 4 is 11.7 Å². The van der Waals surface area contributed by atoms with E-state index in [-0.39, 0.29) is 5.91 Å². The van der Waals surface area contributed by atoms with E-state index in [9.17, 15) is 4.79 Å². The lowest BCUT2D eigenvalue weighted by atomic mass is 9.95. The van der Waals surface area contributed by atoms with Crippen LogP contribution in [0.3, 0.4) is 0 Å². The molecular weight excluding hydrogens is 346 g/mol. The minimum atomic E-state index is -0.0668. The molecule has 142 valence electrons. The van der Waals surface area contributed by atoms with Crippen LogP contribution in [0.4, 0.5) is 5.82 Å². The van der Waals surface area contributed by atoms with Crippen molar-refractivity contribution in [2.24, 2.45) is 0 Å². The maximum atomic E-state index is 13.1. The van der Waals surface area contributed by atoms with Crippen molar-refractivity contribution in [1.29, 1.82) is 0 Å². The number of hydrogen-bond acceptors (Lipinski definition) is 7. The Balaban J connectivity index is 1.38. The van der Waals surface area contributed by atoms with Gasteiger partial charge in [-0.3, -0.25) is 4.79 Å². The Labute approximate surface area is 157 Å². The van der Waals surface area contributed by atoms with Crippen LogP contribution in [-0.4, -0.2) is 58.8 Å². The Morgan fingerprint density at radius 3 is 2.70 bits per heavy atom. The maximum absolute atomic E-state index is 13.1. The highest BCUT2D eigenvalue weighted by atomic mass is 16.5. The van der Waals surface area contributed by atoms with Gasteiger partial charge in [0.05, 0.1) is 31.1 Å². The molecule has 0 radical (unpaired) electrons. The van der Waals surface area contributed by atoms with Gasteiger partial charge >= 0.3 is 0 Å². The third-order valence-electron chi connectivity index (χ3n) is 5.74. The van der Waals surface area contributed by atoms with E-state index in [0.29, 0.717) is 18.8 Å². The summed E-state index contributed by atoms with van der Waals surface area (Å²) in [5.74, 6) is 1.35. The molecule has 0 spiro atoms. The highest BCUT2D eigenvalue weighted by Gasteiger charge is 2.31. The Bertz CT molecular complexity index is 859. The molecule has 0 atom stereocenters. The molecule has 8 heteroatoms. The van der Waals surface area contributed by atoms with Gasteiger partial charge < -0.3 is 19.1 Å². The summed E-state index contributed by atoms with van der Waals surface area (Å²) in [5, 5.41) is 4.13. The third-order valence-corrected chi connectivity index (χ3v) is 5.74. The number of fused-ring (bicyclic) bond motifs is 2. The summed E-state index contributed by atoms with van der Waals surface area (Å²) >= 11 is 0. The van der Waals surface area contributed by atoms with Crippen molar-refractivity contribution in [3.8, 4) is 0 Å². The van der Waals surface area contributed by atoms with Crippen molar-refractivity contribution in [1.82, 2.24) is 20.0 Å². The Morgan fingerprint density at radius 2 is 1.81 bits per heavy atom. The average molecular weight is 369 g/mol. The van der Waals surface area contributed by atoms with Crippen LogP contribution in [0.2, 0.25) is 0 Å². The number of aryl methyl sites for hydroxylation is 1. The largest absolute Gasteiger partial charge is 0.378 e. The molecule has 1 fully saturated rings. The molecule has 1 saturated heterocycles. The third kappa shape index (κ3) is 2.97. The van der Waals surface area contributed by atoms with Gasteiger partial charge in [0.1, 0.15) is 12.1 Å². The van der Waals surface area contributed by atoms with Gasteiger partial charge in [0.2, 0.25) is 5.76 Å². The van der Waals surface area contributed by atoms with E-state index in [1.807, 2.05) is 4.90 Å². The predicted molar refractivity (Wildman–Crippen MR) is 96.7 cm³/mol. The number of anilines is 1. The summed E-state index contributed by atoms with van der Waals surface area (Å²) in [6.07, 6.45) is 6.36.